The van der Waals surface area contributed by atoms with Crippen LogP contribution in [0.4, 0.5) is 0 Å². The minimum Gasteiger partial charge on any atom is -0.369 e. The van der Waals surface area contributed by atoms with Crippen molar-refractivity contribution in [2.24, 2.45) is 5.92 Å². The summed E-state index contributed by atoms with van der Waals surface area (Å²) in [7, 11) is 0. The van der Waals surface area contributed by atoms with Crippen LogP contribution in [0.15, 0.2) is 60.7 Å². The van der Waals surface area contributed by atoms with Gasteiger partial charge in [0.2, 0.25) is 0 Å². The normalized spacial score (nSPS) is 29.8. The molecule has 0 aliphatic carbocycles. The van der Waals surface area contributed by atoms with Gasteiger partial charge in [-0.25, -0.2) is 0 Å². The fraction of sp³-hybridized carbons (Fsp3) is 0.409. The van der Waals surface area contributed by atoms with Crippen LogP contribution in [0, 0.1) is 5.92 Å². The second kappa shape index (κ2) is 7.70. The zero-order chi connectivity index (χ0) is 17.9. The van der Waals surface area contributed by atoms with E-state index >= 15 is 0 Å². The Morgan fingerprint density at radius 3 is 2.00 bits per heavy atom. The summed E-state index contributed by atoms with van der Waals surface area (Å²) in [6.07, 6.45) is 0.0939. The molecule has 0 aromatic heterocycles. The predicted octanol–water partition coefficient (Wildman–Crippen LogP) is 3.53. The van der Waals surface area contributed by atoms with Crippen molar-refractivity contribution in [2.45, 2.75) is 51.0 Å². The molecule has 2 heterocycles. The molecule has 0 amide bonds. The lowest BCUT2D eigenvalue weighted by Crippen LogP contribution is -2.46. The van der Waals surface area contributed by atoms with Crippen LogP contribution < -0.4 is 0 Å². The molecule has 4 rings (SSSR count). The lowest BCUT2D eigenvalue weighted by Gasteiger charge is -2.31. The lowest BCUT2D eigenvalue weighted by molar-refractivity contribution is -0.130. The van der Waals surface area contributed by atoms with Crippen molar-refractivity contribution < 1.29 is 19.0 Å². The topological polar surface area (TPSA) is 44.8 Å². The zero-order valence-corrected chi connectivity index (χ0v) is 14.9. The van der Waals surface area contributed by atoms with Crippen molar-refractivity contribution in [3.8, 4) is 0 Å². The molecule has 2 aromatic carbocycles. The SMILES string of the molecule is CC(=O)[C@@H]1C[C@@H]2O[C@H]1[C@H](OCc1ccccc1)[C@H]2OCc1ccccc1. The minimum atomic E-state index is -0.216. The smallest absolute Gasteiger partial charge is 0.135 e. The summed E-state index contributed by atoms with van der Waals surface area (Å²) in [5.41, 5.74) is 2.23. The Morgan fingerprint density at radius 2 is 1.46 bits per heavy atom. The highest BCUT2D eigenvalue weighted by molar-refractivity contribution is 5.79. The minimum absolute atomic E-state index is 0.0709. The van der Waals surface area contributed by atoms with E-state index in [2.05, 4.69) is 0 Å². The van der Waals surface area contributed by atoms with Crippen LogP contribution in [0.1, 0.15) is 24.5 Å². The average molecular weight is 352 g/mol. The Bertz CT molecular complexity index is 730. The maximum absolute atomic E-state index is 12.0. The summed E-state index contributed by atoms with van der Waals surface area (Å²) in [6, 6.07) is 20.2. The lowest BCUT2D eigenvalue weighted by atomic mass is 9.83. The Kier molecular flexibility index (Phi) is 5.16. The van der Waals surface area contributed by atoms with E-state index in [-0.39, 0.29) is 36.1 Å². The Balaban J connectivity index is 1.45. The third-order valence-corrected chi connectivity index (χ3v) is 5.32. The maximum Gasteiger partial charge on any atom is 0.135 e. The van der Waals surface area contributed by atoms with Gasteiger partial charge in [-0.05, 0) is 24.5 Å². The first-order chi connectivity index (χ1) is 12.7. The van der Waals surface area contributed by atoms with E-state index < -0.39 is 0 Å². The van der Waals surface area contributed by atoms with Gasteiger partial charge in [0.15, 0.2) is 0 Å². The number of Topliss-reactive ketones (excluding diaryl/α,β-unsaturated/α-hetero) is 1. The Hall–Kier alpha value is -2.01. The zero-order valence-electron chi connectivity index (χ0n) is 14.9. The number of ketones is 1. The Labute approximate surface area is 154 Å². The first-order valence-corrected chi connectivity index (χ1v) is 9.19. The molecule has 4 heteroatoms. The molecule has 5 atom stereocenters. The first-order valence-electron chi connectivity index (χ1n) is 9.19. The molecular weight excluding hydrogens is 328 g/mol. The predicted molar refractivity (Wildman–Crippen MR) is 97.5 cm³/mol. The van der Waals surface area contributed by atoms with Crippen molar-refractivity contribution in [3.05, 3.63) is 71.8 Å². The summed E-state index contributed by atoms with van der Waals surface area (Å²) < 4.78 is 18.5. The average Bonchev–Trinajstić information content (AvgIpc) is 3.25. The molecule has 2 aliphatic heterocycles. The summed E-state index contributed by atoms with van der Waals surface area (Å²) in [4.78, 5) is 12.0. The monoisotopic (exact) mass is 352 g/mol. The number of hydrogen-bond donors (Lipinski definition) is 0. The fourth-order valence-electron chi connectivity index (χ4n) is 3.98. The van der Waals surface area contributed by atoms with Gasteiger partial charge in [-0.2, -0.15) is 0 Å². The van der Waals surface area contributed by atoms with E-state index in [4.69, 9.17) is 14.2 Å². The van der Waals surface area contributed by atoms with Crippen LogP contribution in [0.2, 0.25) is 0 Å². The Morgan fingerprint density at radius 1 is 0.923 bits per heavy atom. The van der Waals surface area contributed by atoms with E-state index in [1.807, 2.05) is 60.7 Å². The highest BCUT2D eigenvalue weighted by Crippen LogP contribution is 2.43. The molecule has 2 bridgehead atoms. The van der Waals surface area contributed by atoms with Crippen LogP contribution in [0.25, 0.3) is 0 Å². The maximum atomic E-state index is 12.0. The summed E-state index contributed by atoms with van der Waals surface area (Å²) in [5.74, 6) is 0.0877. The second-order valence-electron chi connectivity index (χ2n) is 7.11. The number of carbonyl (C=O) groups excluding carboxylic acids is 1. The molecule has 26 heavy (non-hydrogen) atoms. The van der Waals surface area contributed by atoms with Crippen molar-refractivity contribution in [3.63, 3.8) is 0 Å². The standard InChI is InChI=1S/C22H24O4/c1-15(23)18-12-19-21(24-13-16-8-4-2-5-9-16)22(20(18)26-19)25-14-17-10-6-3-7-11-17/h2-11,18-22H,12-14H2,1H3/t18-,19-,20+,21-,22-/m0/s1. The van der Waals surface area contributed by atoms with Gasteiger partial charge in [0.1, 0.15) is 18.0 Å². The van der Waals surface area contributed by atoms with Gasteiger partial charge in [0, 0.05) is 5.92 Å². The summed E-state index contributed by atoms with van der Waals surface area (Å²) in [6.45, 7) is 2.66. The number of hydrogen-bond acceptors (Lipinski definition) is 4. The number of fused-ring (bicyclic) bond motifs is 2. The van der Waals surface area contributed by atoms with Crippen molar-refractivity contribution in [1.29, 1.82) is 0 Å². The van der Waals surface area contributed by atoms with Crippen molar-refractivity contribution in [2.75, 3.05) is 0 Å². The first kappa shape index (κ1) is 17.4. The molecule has 2 saturated heterocycles. The third kappa shape index (κ3) is 3.58. The third-order valence-electron chi connectivity index (χ3n) is 5.32. The van der Waals surface area contributed by atoms with E-state index in [0.29, 0.717) is 13.2 Å². The van der Waals surface area contributed by atoms with Crippen LogP contribution in [0.5, 0.6) is 0 Å². The van der Waals surface area contributed by atoms with E-state index in [9.17, 15) is 4.79 Å². The summed E-state index contributed by atoms with van der Waals surface area (Å²) in [5, 5.41) is 0. The molecule has 2 aromatic rings. The molecule has 0 unspecified atom stereocenters. The molecule has 0 N–H and O–H groups in total. The molecule has 0 saturated carbocycles. The van der Waals surface area contributed by atoms with Crippen LogP contribution >= 0.6 is 0 Å². The van der Waals surface area contributed by atoms with E-state index in [1.54, 1.807) is 6.92 Å². The number of carbonyl (C=O) groups is 1. The van der Waals surface area contributed by atoms with Gasteiger partial charge in [-0.1, -0.05) is 60.7 Å². The number of rotatable bonds is 7. The van der Waals surface area contributed by atoms with E-state index in [1.165, 1.54) is 0 Å². The van der Waals surface area contributed by atoms with Crippen molar-refractivity contribution >= 4 is 5.78 Å². The number of benzene rings is 2. The molecule has 0 spiro atoms. The second-order valence-corrected chi connectivity index (χ2v) is 7.11. The fourth-order valence-corrected chi connectivity index (χ4v) is 3.98. The van der Waals surface area contributed by atoms with Crippen LogP contribution in [-0.2, 0) is 32.2 Å². The molecule has 136 valence electrons. The van der Waals surface area contributed by atoms with Crippen LogP contribution in [0.3, 0.4) is 0 Å². The molecule has 2 fully saturated rings. The highest BCUT2D eigenvalue weighted by atomic mass is 16.6. The molecular formula is C22H24O4. The van der Waals surface area contributed by atoms with Gasteiger partial charge in [-0.3, -0.25) is 4.79 Å². The quantitative estimate of drug-likeness (QED) is 0.765. The van der Waals surface area contributed by atoms with Crippen LogP contribution in [-0.4, -0.2) is 30.2 Å². The van der Waals surface area contributed by atoms with Gasteiger partial charge in [-0.15, -0.1) is 0 Å². The number of ether oxygens (including phenoxy) is 3. The summed E-state index contributed by atoms with van der Waals surface area (Å²) >= 11 is 0. The molecule has 0 radical (unpaired) electrons. The van der Waals surface area contributed by atoms with Gasteiger partial charge in [0.05, 0.1) is 25.4 Å². The van der Waals surface area contributed by atoms with Gasteiger partial charge >= 0.3 is 0 Å². The molecule has 4 nitrogen and oxygen atoms in total. The van der Waals surface area contributed by atoms with Gasteiger partial charge in [0.25, 0.3) is 0 Å². The highest BCUT2D eigenvalue weighted by Gasteiger charge is 2.56. The van der Waals surface area contributed by atoms with Gasteiger partial charge < -0.3 is 14.2 Å². The largest absolute Gasteiger partial charge is 0.369 e. The molecule has 2 aliphatic rings. The van der Waals surface area contributed by atoms with E-state index in [0.717, 1.165) is 17.5 Å². The van der Waals surface area contributed by atoms with Crippen molar-refractivity contribution in [1.82, 2.24) is 0 Å².